The summed E-state index contributed by atoms with van der Waals surface area (Å²) < 4.78 is 0. The van der Waals surface area contributed by atoms with Crippen LogP contribution in [0.4, 0.5) is 0 Å². The molecule has 0 N–H and O–H groups in total. The molecule has 0 unspecified atom stereocenters. The van der Waals surface area contributed by atoms with E-state index < -0.39 is 23.1 Å². The number of hydrogen-bond donors (Lipinski definition) is 0. The van der Waals surface area contributed by atoms with Crippen molar-refractivity contribution in [1.82, 2.24) is 0 Å². The molecule has 0 aromatic heterocycles. The van der Waals surface area contributed by atoms with Gasteiger partial charge in [-0.1, -0.05) is 33.6 Å². The molecule has 0 aromatic rings. The maximum atomic E-state index is 11.5. The first-order chi connectivity index (χ1) is 12.7. The average Bonchev–Trinajstić information content (AvgIpc) is 2.52. The number of rotatable bonds is 7. The van der Waals surface area contributed by atoms with E-state index in [1.54, 1.807) is 20.8 Å². The normalized spacial score (nSPS) is 21.3. The van der Waals surface area contributed by atoms with Crippen molar-refractivity contribution in [3.8, 4) is 0 Å². The molecule has 8 heteroatoms. The second-order valence-corrected chi connectivity index (χ2v) is 10.2. The molecule has 0 bridgehead atoms. The Balaban J connectivity index is 2.28. The van der Waals surface area contributed by atoms with Gasteiger partial charge in [0.05, 0.1) is 5.60 Å². The first kappa shape index (κ1) is 24.8. The van der Waals surface area contributed by atoms with Crippen molar-refractivity contribution in [3.05, 3.63) is 0 Å². The van der Waals surface area contributed by atoms with Gasteiger partial charge in [0.1, 0.15) is 5.60 Å². The summed E-state index contributed by atoms with van der Waals surface area (Å²) in [7, 11) is 0. The van der Waals surface area contributed by atoms with E-state index in [9.17, 15) is 9.59 Å². The molecule has 1 fully saturated rings. The molecule has 0 aliphatic heterocycles. The number of hydrogen-bond acceptors (Lipinski definition) is 8. The summed E-state index contributed by atoms with van der Waals surface area (Å²) in [4.78, 5) is 41.2. The Labute approximate surface area is 167 Å². The largest absolute Gasteiger partial charge is 0.456 e. The summed E-state index contributed by atoms with van der Waals surface area (Å²) in [6.07, 6.45) is 5.41. The Morgan fingerprint density at radius 2 is 1.21 bits per heavy atom. The van der Waals surface area contributed by atoms with Crippen molar-refractivity contribution in [2.45, 2.75) is 98.7 Å². The van der Waals surface area contributed by atoms with Crippen LogP contribution in [0.15, 0.2) is 0 Å². The Hall–Kier alpha value is -1.22. The Kier molecular flexibility index (Phi) is 8.87. The van der Waals surface area contributed by atoms with E-state index in [-0.39, 0.29) is 0 Å². The van der Waals surface area contributed by atoms with Gasteiger partial charge in [-0.3, -0.25) is 9.78 Å². The van der Waals surface area contributed by atoms with Gasteiger partial charge in [-0.05, 0) is 81.2 Å². The lowest BCUT2D eigenvalue weighted by atomic mass is 9.68. The second-order valence-electron chi connectivity index (χ2n) is 10.2. The van der Waals surface area contributed by atoms with Crippen LogP contribution in [0.5, 0.6) is 0 Å². The van der Waals surface area contributed by atoms with Gasteiger partial charge in [-0.2, -0.15) is 9.78 Å². The predicted octanol–water partition coefficient (Wildman–Crippen LogP) is 4.62. The summed E-state index contributed by atoms with van der Waals surface area (Å²) in [6, 6.07) is 0. The fraction of sp³-hybridized carbons (Fsp3) is 0.900. The number of carbonyl (C=O) groups excluding carboxylic acids is 2. The first-order valence-corrected chi connectivity index (χ1v) is 9.82. The third kappa shape index (κ3) is 9.82. The SMILES string of the molecule is CC(C)(C)OOOC(=O)C(=O)OOOC(C)(C)CC1CCC(C(C)(C)C)CC1. The molecule has 1 rings (SSSR count). The lowest BCUT2D eigenvalue weighted by molar-refractivity contribution is -0.525. The molecular formula is C20H36O8. The van der Waals surface area contributed by atoms with Gasteiger partial charge >= 0.3 is 11.9 Å². The number of carbonyl (C=O) groups is 2. The quantitative estimate of drug-likeness (QED) is 0.345. The van der Waals surface area contributed by atoms with E-state index in [2.05, 4.69) is 40.6 Å². The van der Waals surface area contributed by atoms with Crippen molar-refractivity contribution >= 4 is 11.9 Å². The molecule has 0 spiro atoms. The predicted molar refractivity (Wildman–Crippen MR) is 99.9 cm³/mol. The molecular weight excluding hydrogens is 368 g/mol. The molecule has 1 aliphatic carbocycles. The minimum Gasteiger partial charge on any atom is -0.255 e. The van der Waals surface area contributed by atoms with Crippen molar-refractivity contribution in [2.75, 3.05) is 0 Å². The fourth-order valence-electron chi connectivity index (χ4n) is 3.32. The van der Waals surface area contributed by atoms with Crippen molar-refractivity contribution in [3.63, 3.8) is 0 Å². The van der Waals surface area contributed by atoms with E-state index in [4.69, 9.17) is 9.78 Å². The van der Waals surface area contributed by atoms with Crippen LogP contribution in [0, 0.1) is 17.3 Å². The van der Waals surface area contributed by atoms with Crippen molar-refractivity contribution in [1.29, 1.82) is 0 Å². The van der Waals surface area contributed by atoms with E-state index in [1.165, 1.54) is 12.8 Å². The van der Waals surface area contributed by atoms with Gasteiger partial charge in [0.2, 0.25) is 0 Å². The van der Waals surface area contributed by atoms with Crippen LogP contribution in [0.25, 0.3) is 0 Å². The Morgan fingerprint density at radius 3 is 1.64 bits per heavy atom. The van der Waals surface area contributed by atoms with Crippen LogP contribution in [-0.2, 0) is 39.2 Å². The molecule has 0 amide bonds. The molecule has 28 heavy (non-hydrogen) atoms. The lowest BCUT2D eigenvalue weighted by Crippen LogP contribution is -2.32. The van der Waals surface area contributed by atoms with Gasteiger partial charge in [0.25, 0.3) is 0 Å². The highest BCUT2D eigenvalue weighted by Crippen LogP contribution is 2.42. The van der Waals surface area contributed by atoms with Crippen LogP contribution in [0.2, 0.25) is 0 Å². The second kappa shape index (κ2) is 10.0. The summed E-state index contributed by atoms with van der Waals surface area (Å²) in [5.74, 6) is -1.59. The van der Waals surface area contributed by atoms with Gasteiger partial charge in [0, 0.05) is 0 Å². The van der Waals surface area contributed by atoms with Gasteiger partial charge in [-0.25, -0.2) is 9.59 Å². The van der Waals surface area contributed by atoms with Crippen LogP contribution in [-0.4, -0.2) is 23.1 Å². The summed E-state index contributed by atoms with van der Waals surface area (Å²) in [6.45, 7) is 15.6. The summed E-state index contributed by atoms with van der Waals surface area (Å²) in [5.41, 5.74) is -1.04. The molecule has 8 nitrogen and oxygen atoms in total. The van der Waals surface area contributed by atoms with Crippen LogP contribution < -0.4 is 0 Å². The molecule has 0 saturated heterocycles. The van der Waals surface area contributed by atoms with E-state index in [1.807, 2.05) is 13.8 Å². The molecule has 0 atom stereocenters. The Bertz CT molecular complexity index is 507. The topological polar surface area (TPSA) is 89.5 Å². The van der Waals surface area contributed by atoms with Crippen LogP contribution in [0.1, 0.15) is 87.5 Å². The molecule has 164 valence electrons. The zero-order valence-corrected chi connectivity index (χ0v) is 18.5. The fourth-order valence-corrected chi connectivity index (χ4v) is 3.32. The van der Waals surface area contributed by atoms with Crippen LogP contribution >= 0.6 is 0 Å². The van der Waals surface area contributed by atoms with Gasteiger partial charge in [-0.15, -0.1) is 0 Å². The standard InChI is InChI=1S/C20H36O8/c1-18(2,3)15-11-9-14(10-12-15)13-20(7,8)26-28-24-17(22)16(21)23-27-25-19(4,5)6/h14-15H,9-13H2,1-8H3. The van der Waals surface area contributed by atoms with Gasteiger partial charge < -0.3 is 0 Å². The Morgan fingerprint density at radius 1 is 0.750 bits per heavy atom. The maximum Gasteiger partial charge on any atom is 0.456 e. The summed E-state index contributed by atoms with van der Waals surface area (Å²) in [5, 5.41) is 8.71. The van der Waals surface area contributed by atoms with Crippen molar-refractivity contribution in [2.24, 2.45) is 17.3 Å². The smallest absolute Gasteiger partial charge is 0.255 e. The minimum absolute atomic E-state index is 0.338. The highest BCUT2D eigenvalue weighted by Gasteiger charge is 2.33. The monoisotopic (exact) mass is 404 g/mol. The van der Waals surface area contributed by atoms with Crippen LogP contribution in [0.3, 0.4) is 0 Å². The minimum atomic E-state index is -1.42. The van der Waals surface area contributed by atoms with E-state index in [0.717, 1.165) is 25.2 Å². The van der Waals surface area contributed by atoms with Gasteiger partial charge in [0.15, 0.2) is 0 Å². The lowest BCUT2D eigenvalue weighted by Gasteiger charge is -2.38. The highest BCUT2D eigenvalue weighted by atomic mass is 17.5. The average molecular weight is 405 g/mol. The third-order valence-corrected chi connectivity index (χ3v) is 4.78. The molecule has 1 saturated carbocycles. The van der Waals surface area contributed by atoms with E-state index >= 15 is 0 Å². The van der Waals surface area contributed by atoms with Crippen molar-refractivity contribution < 1.29 is 39.2 Å². The first-order valence-electron chi connectivity index (χ1n) is 9.82. The zero-order valence-electron chi connectivity index (χ0n) is 18.5. The highest BCUT2D eigenvalue weighted by molar-refractivity contribution is 6.29. The third-order valence-electron chi connectivity index (χ3n) is 4.78. The summed E-state index contributed by atoms with van der Waals surface area (Å²) >= 11 is 0. The molecule has 0 aromatic carbocycles. The van der Waals surface area contributed by atoms with E-state index in [0.29, 0.717) is 11.3 Å². The molecule has 1 aliphatic rings. The zero-order chi connectivity index (χ0) is 21.6. The molecule has 0 heterocycles. The maximum absolute atomic E-state index is 11.5. The molecule has 0 radical (unpaired) electrons.